The highest BCUT2D eigenvalue weighted by Crippen LogP contribution is 2.25. The van der Waals surface area contributed by atoms with Crippen molar-refractivity contribution in [3.05, 3.63) is 128 Å². The van der Waals surface area contributed by atoms with Crippen molar-refractivity contribution in [3.8, 4) is 23.6 Å². The molecule has 0 unspecified atom stereocenters. The summed E-state index contributed by atoms with van der Waals surface area (Å²) in [6.45, 7) is 0.709. The summed E-state index contributed by atoms with van der Waals surface area (Å²) in [7, 11) is 0. The van der Waals surface area contributed by atoms with Crippen molar-refractivity contribution in [1.29, 1.82) is 10.5 Å². The highest BCUT2D eigenvalue weighted by atomic mass is 127. The number of carbonyl (C=O) groups excluding carboxylic acids is 1. The Morgan fingerprint density at radius 1 is 0.868 bits per heavy atom. The van der Waals surface area contributed by atoms with Crippen LogP contribution in [-0.2, 0) is 18.0 Å². The predicted molar refractivity (Wildman–Crippen MR) is 154 cm³/mol. The van der Waals surface area contributed by atoms with Crippen molar-refractivity contribution in [2.45, 2.75) is 13.2 Å². The van der Waals surface area contributed by atoms with E-state index in [0.29, 0.717) is 34.9 Å². The Morgan fingerprint density at radius 2 is 1.61 bits per heavy atom. The van der Waals surface area contributed by atoms with E-state index >= 15 is 0 Å². The normalized spacial score (nSPS) is 10.7. The molecule has 0 aliphatic heterocycles. The van der Waals surface area contributed by atoms with Crippen LogP contribution in [0.15, 0.2) is 103 Å². The Morgan fingerprint density at radius 3 is 2.32 bits per heavy atom. The Balaban J connectivity index is 1.37. The molecule has 4 aromatic carbocycles. The number of hydrogen-bond acceptors (Lipinski definition) is 5. The van der Waals surface area contributed by atoms with Crippen molar-refractivity contribution in [3.63, 3.8) is 0 Å². The molecule has 0 radical (unpaired) electrons. The highest BCUT2D eigenvalue weighted by molar-refractivity contribution is 14.1. The van der Waals surface area contributed by atoms with Crippen LogP contribution in [-0.4, -0.2) is 5.91 Å². The minimum Gasteiger partial charge on any atom is -0.489 e. The van der Waals surface area contributed by atoms with E-state index in [4.69, 9.17) is 9.47 Å². The van der Waals surface area contributed by atoms with Crippen LogP contribution in [0.1, 0.15) is 22.3 Å². The fraction of sp³-hybridized carbons (Fsp3) is 0.0645. The number of halogens is 1. The summed E-state index contributed by atoms with van der Waals surface area (Å²) in [6, 6.07) is 33.6. The molecule has 0 fully saturated rings. The molecule has 0 spiro atoms. The maximum absolute atomic E-state index is 12.7. The van der Waals surface area contributed by atoms with Gasteiger partial charge in [0, 0.05) is 11.3 Å². The van der Waals surface area contributed by atoms with Crippen LogP contribution in [0.5, 0.6) is 11.5 Å². The highest BCUT2D eigenvalue weighted by Gasteiger charge is 2.11. The van der Waals surface area contributed by atoms with Crippen LogP contribution in [0.2, 0.25) is 0 Å². The van der Waals surface area contributed by atoms with Gasteiger partial charge < -0.3 is 14.8 Å². The standard InChI is InChI=1S/C31H22IN3O3/c32-29-17-23(10-15-30(29)38-21-25-9-5-4-8-24(25)18-33)16-26(19-34)31(36)35-27-11-13-28(14-12-27)37-20-22-6-2-1-3-7-22/h1-17H,20-21H2,(H,35,36)/b26-16+. The van der Waals surface area contributed by atoms with Gasteiger partial charge in [0.2, 0.25) is 0 Å². The van der Waals surface area contributed by atoms with E-state index in [1.807, 2.05) is 60.7 Å². The van der Waals surface area contributed by atoms with E-state index in [9.17, 15) is 15.3 Å². The smallest absolute Gasteiger partial charge is 0.266 e. The van der Waals surface area contributed by atoms with Crippen LogP contribution >= 0.6 is 22.6 Å². The van der Waals surface area contributed by atoms with Crippen LogP contribution < -0.4 is 14.8 Å². The second-order valence-electron chi connectivity index (χ2n) is 8.17. The van der Waals surface area contributed by atoms with E-state index in [-0.39, 0.29) is 12.2 Å². The largest absolute Gasteiger partial charge is 0.489 e. The Hall–Kier alpha value is -4.60. The lowest BCUT2D eigenvalue weighted by atomic mass is 10.1. The van der Waals surface area contributed by atoms with E-state index < -0.39 is 5.91 Å². The molecule has 0 aliphatic carbocycles. The second-order valence-corrected chi connectivity index (χ2v) is 9.33. The maximum Gasteiger partial charge on any atom is 0.266 e. The number of benzene rings is 4. The number of nitrogens with one attached hydrogen (secondary N) is 1. The topological polar surface area (TPSA) is 95.1 Å². The first-order valence-electron chi connectivity index (χ1n) is 11.7. The minimum atomic E-state index is -0.506. The van der Waals surface area contributed by atoms with Crippen molar-refractivity contribution in [2.24, 2.45) is 0 Å². The van der Waals surface area contributed by atoms with Gasteiger partial charge in [-0.05, 0) is 82.3 Å². The van der Waals surface area contributed by atoms with Gasteiger partial charge in [0.1, 0.15) is 36.4 Å². The number of anilines is 1. The average molecular weight is 611 g/mol. The van der Waals surface area contributed by atoms with E-state index in [1.54, 1.807) is 42.5 Å². The molecule has 1 N–H and O–H groups in total. The first-order chi connectivity index (χ1) is 18.6. The summed E-state index contributed by atoms with van der Waals surface area (Å²) in [4.78, 5) is 12.7. The van der Waals surface area contributed by atoms with Gasteiger partial charge in [-0.25, -0.2) is 0 Å². The number of hydrogen-bond donors (Lipinski definition) is 1. The molecule has 4 aromatic rings. The number of nitrogens with zero attached hydrogens (tertiary/aromatic N) is 2. The van der Waals surface area contributed by atoms with Crippen molar-refractivity contribution in [1.82, 2.24) is 0 Å². The third-order valence-electron chi connectivity index (χ3n) is 5.51. The molecule has 0 heterocycles. The van der Waals surface area contributed by atoms with E-state index in [0.717, 1.165) is 14.7 Å². The van der Waals surface area contributed by atoms with Crippen molar-refractivity contribution in [2.75, 3.05) is 5.32 Å². The number of rotatable bonds is 9. The number of nitriles is 2. The van der Waals surface area contributed by atoms with E-state index in [1.165, 1.54) is 6.08 Å². The molecular formula is C31H22IN3O3. The third-order valence-corrected chi connectivity index (χ3v) is 6.36. The van der Waals surface area contributed by atoms with Gasteiger partial charge in [-0.15, -0.1) is 0 Å². The number of ether oxygens (including phenoxy) is 2. The van der Waals surface area contributed by atoms with Gasteiger partial charge >= 0.3 is 0 Å². The molecule has 0 saturated heterocycles. The van der Waals surface area contributed by atoms with Crippen LogP contribution in [0, 0.1) is 26.2 Å². The van der Waals surface area contributed by atoms with Gasteiger partial charge in [0.25, 0.3) is 5.91 Å². The Bertz CT molecular complexity index is 1540. The quantitative estimate of drug-likeness (QED) is 0.127. The zero-order chi connectivity index (χ0) is 26.7. The summed E-state index contributed by atoms with van der Waals surface area (Å²) < 4.78 is 12.5. The summed E-state index contributed by atoms with van der Waals surface area (Å²) in [5.41, 5.74) is 3.65. The van der Waals surface area contributed by atoms with Crippen molar-refractivity contribution >= 4 is 40.3 Å². The van der Waals surface area contributed by atoms with Crippen LogP contribution in [0.3, 0.4) is 0 Å². The number of amides is 1. The Kier molecular flexibility index (Phi) is 9.12. The summed E-state index contributed by atoms with van der Waals surface area (Å²) in [6.07, 6.45) is 1.53. The molecule has 0 bridgehead atoms. The molecule has 6 nitrogen and oxygen atoms in total. The molecule has 0 saturated carbocycles. The van der Waals surface area contributed by atoms with Crippen LogP contribution in [0.4, 0.5) is 5.69 Å². The minimum absolute atomic E-state index is 0.0261. The zero-order valence-electron chi connectivity index (χ0n) is 20.2. The fourth-order valence-corrected chi connectivity index (χ4v) is 4.22. The van der Waals surface area contributed by atoms with Crippen molar-refractivity contribution < 1.29 is 14.3 Å². The first-order valence-corrected chi connectivity index (χ1v) is 12.7. The van der Waals surface area contributed by atoms with Gasteiger partial charge in [0.15, 0.2) is 0 Å². The molecule has 0 aromatic heterocycles. The predicted octanol–water partition coefficient (Wildman–Crippen LogP) is 6.87. The SMILES string of the molecule is N#C/C(=C\c1ccc(OCc2ccccc2C#N)c(I)c1)C(=O)Nc1ccc(OCc2ccccc2)cc1. The first kappa shape index (κ1) is 26.5. The maximum atomic E-state index is 12.7. The second kappa shape index (κ2) is 13.1. The lowest BCUT2D eigenvalue weighted by Crippen LogP contribution is -2.13. The Labute approximate surface area is 234 Å². The van der Waals surface area contributed by atoms with Gasteiger partial charge in [-0.3, -0.25) is 4.79 Å². The van der Waals surface area contributed by atoms with Gasteiger partial charge in [-0.1, -0.05) is 54.6 Å². The molecular weight excluding hydrogens is 589 g/mol. The number of carbonyl (C=O) groups is 1. The van der Waals surface area contributed by atoms with E-state index in [2.05, 4.69) is 34.0 Å². The average Bonchev–Trinajstić information content (AvgIpc) is 2.95. The molecule has 0 aliphatic rings. The monoisotopic (exact) mass is 611 g/mol. The lowest BCUT2D eigenvalue weighted by Gasteiger charge is -2.10. The molecule has 1 amide bonds. The molecule has 0 atom stereocenters. The fourth-order valence-electron chi connectivity index (χ4n) is 3.52. The van der Waals surface area contributed by atoms with Gasteiger partial charge in [-0.2, -0.15) is 10.5 Å². The third kappa shape index (κ3) is 7.22. The molecule has 38 heavy (non-hydrogen) atoms. The molecule has 4 rings (SSSR count). The lowest BCUT2D eigenvalue weighted by molar-refractivity contribution is -0.112. The molecule has 7 heteroatoms. The van der Waals surface area contributed by atoms with Crippen LogP contribution in [0.25, 0.3) is 6.08 Å². The van der Waals surface area contributed by atoms with Gasteiger partial charge in [0.05, 0.1) is 15.2 Å². The summed E-state index contributed by atoms with van der Waals surface area (Å²) >= 11 is 2.14. The zero-order valence-corrected chi connectivity index (χ0v) is 22.4. The molecule has 186 valence electrons. The summed E-state index contributed by atoms with van der Waals surface area (Å²) in [5, 5.41) is 21.6. The summed E-state index contributed by atoms with van der Waals surface area (Å²) in [5.74, 6) is 0.817.